The van der Waals surface area contributed by atoms with Gasteiger partial charge in [0.2, 0.25) is 0 Å². The highest BCUT2D eigenvalue weighted by Crippen LogP contribution is 2.27. The lowest BCUT2D eigenvalue weighted by atomic mass is 10.1. The fourth-order valence-electron chi connectivity index (χ4n) is 2.76. The van der Waals surface area contributed by atoms with Crippen LogP contribution >= 0.6 is 0 Å². The highest BCUT2D eigenvalue weighted by molar-refractivity contribution is 6.03. The van der Waals surface area contributed by atoms with Gasteiger partial charge in [-0.1, -0.05) is 33.1 Å². The Bertz CT molecular complexity index is 588. The maximum atomic E-state index is 11.6. The second kappa shape index (κ2) is 6.55. The van der Waals surface area contributed by atoms with Crippen LogP contribution in [0, 0.1) is 0 Å². The molecule has 108 valence electrons. The minimum atomic E-state index is -0.459. The summed E-state index contributed by atoms with van der Waals surface area (Å²) in [4.78, 5) is 15.7. The van der Waals surface area contributed by atoms with Gasteiger partial charge >= 0.3 is 0 Å². The first-order valence-electron chi connectivity index (χ1n) is 7.44. The lowest BCUT2D eigenvalue weighted by Crippen LogP contribution is -2.16. The van der Waals surface area contributed by atoms with E-state index in [9.17, 15) is 4.79 Å². The molecule has 1 atom stereocenters. The lowest BCUT2D eigenvalue weighted by Gasteiger charge is -2.19. The number of carbonyl (C=O) groups excluding carboxylic acids is 1. The average Bonchev–Trinajstić information content (AvgIpc) is 2.87. The smallest absolute Gasteiger partial charge is 0.269 e. The maximum absolute atomic E-state index is 11.6. The van der Waals surface area contributed by atoms with Gasteiger partial charge in [-0.2, -0.15) is 0 Å². The van der Waals surface area contributed by atoms with Gasteiger partial charge in [-0.05, 0) is 25.0 Å². The van der Waals surface area contributed by atoms with Crippen LogP contribution in [0.2, 0.25) is 0 Å². The zero-order chi connectivity index (χ0) is 14.5. The Kier molecular flexibility index (Phi) is 4.77. The van der Waals surface area contributed by atoms with E-state index in [2.05, 4.69) is 29.6 Å². The molecular weight excluding hydrogens is 250 g/mol. The first kappa shape index (κ1) is 14.6. The van der Waals surface area contributed by atoms with Crippen molar-refractivity contribution in [2.45, 2.75) is 52.0 Å². The SMILES string of the molecule is CCCCCC(CC)n1ccc2ccnc(C(N)=O)c21. The number of hydrogen-bond donors (Lipinski definition) is 1. The van der Waals surface area contributed by atoms with Crippen molar-refractivity contribution in [3.05, 3.63) is 30.2 Å². The number of pyridine rings is 1. The summed E-state index contributed by atoms with van der Waals surface area (Å²) in [6, 6.07) is 4.37. The minimum Gasteiger partial charge on any atom is -0.364 e. The second-order valence-corrected chi connectivity index (χ2v) is 5.24. The van der Waals surface area contributed by atoms with E-state index in [1.807, 2.05) is 12.1 Å². The summed E-state index contributed by atoms with van der Waals surface area (Å²) in [6.45, 7) is 4.39. The number of amides is 1. The summed E-state index contributed by atoms with van der Waals surface area (Å²) in [7, 11) is 0. The van der Waals surface area contributed by atoms with Crippen molar-refractivity contribution >= 4 is 16.8 Å². The van der Waals surface area contributed by atoms with Crippen molar-refractivity contribution in [2.24, 2.45) is 5.73 Å². The molecule has 2 rings (SSSR count). The molecule has 0 saturated carbocycles. The van der Waals surface area contributed by atoms with Crippen LogP contribution < -0.4 is 5.73 Å². The first-order chi connectivity index (χ1) is 9.69. The highest BCUT2D eigenvalue weighted by atomic mass is 16.1. The Balaban J connectivity index is 2.39. The molecule has 0 spiro atoms. The molecule has 0 aliphatic carbocycles. The maximum Gasteiger partial charge on any atom is 0.269 e. The van der Waals surface area contributed by atoms with Crippen LogP contribution in [0.4, 0.5) is 0 Å². The molecule has 1 unspecified atom stereocenters. The van der Waals surface area contributed by atoms with E-state index in [-0.39, 0.29) is 0 Å². The van der Waals surface area contributed by atoms with Crippen LogP contribution in [-0.2, 0) is 0 Å². The van der Waals surface area contributed by atoms with Gasteiger partial charge in [0.05, 0.1) is 5.52 Å². The van der Waals surface area contributed by atoms with E-state index < -0.39 is 5.91 Å². The van der Waals surface area contributed by atoms with E-state index in [1.54, 1.807) is 6.20 Å². The number of nitrogens with zero attached hydrogens (tertiary/aromatic N) is 2. The van der Waals surface area contributed by atoms with Crippen LogP contribution in [0.25, 0.3) is 10.9 Å². The van der Waals surface area contributed by atoms with Crippen LogP contribution in [0.15, 0.2) is 24.5 Å². The van der Waals surface area contributed by atoms with Crippen molar-refractivity contribution < 1.29 is 4.79 Å². The third-order valence-corrected chi connectivity index (χ3v) is 3.87. The van der Waals surface area contributed by atoms with E-state index in [1.165, 1.54) is 19.3 Å². The number of nitrogens with two attached hydrogens (primary N) is 1. The van der Waals surface area contributed by atoms with Gasteiger partial charge < -0.3 is 10.3 Å². The summed E-state index contributed by atoms with van der Waals surface area (Å²) in [5.74, 6) is -0.459. The molecule has 2 N–H and O–H groups in total. The van der Waals surface area contributed by atoms with Gasteiger partial charge in [0.1, 0.15) is 0 Å². The topological polar surface area (TPSA) is 60.9 Å². The van der Waals surface area contributed by atoms with Crippen LogP contribution in [-0.4, -0.2) is 15.5 Å². The van der Waals surface area contributed by atoms with Crippen molar-refractivity contribution in [3.8, 4) is 0 Å². The summed E-state index contributed by atoms with van der Waals surface area (Å²) in [5.41, 5.74) is 6.71. The molecule has 2 aromatic heterocycles. The van der Waals surface area contributed by atoms with Crippen molar-refractivity contribution in [1.82, 2.24) is 9.55 Å². The van der Waals surface area contributed by atoms with E-state index >= 15 is 0 Å². The summed E-state index contributed by atoms with van der Waals surface area (Å²) in [5, 5.41) is 1.03. The van der Waals surface area contributed by atoms with E-state index in [0.29, 0.717) is 11.7 Å². The van der Waals surface area contributed by atoms with E-state index in [4.69, 9.17) is 5.73 Å². The molecule has 2 heterocycles. The van der Waals surface area contributed by atoms with Gasteiger partial charge in [-0.25, -0.2) is 4.98 Å². The molecule has 0 saturated heterocycles. The molecule has 20 heavy (non-hydrogen) atoms. The molecule has 0 aliphatic heterocycles. The molecule has 0 radical (unpaired) electrons. The van der Waals surface area contributed by atoms with Crippen LogP contribution in [0.3, 0.4) is 0 Å². The normalized spacial score (nSPS) is 12.7. The summed E-state index contributed by atoms with van der Waals surface area (Å²) in [6.07, 6.45) is 9.54. The molecule has 0 aliphatic rings. The number of carbonyl (C=O) groups is 1. The number of primary amides is 1. The fourth-order valence-corrected chi connectivity index (χ4v) is 2.76. The Morgan fingerprint density at radius 1 is 1.35 bits per heavy atom. The standard InChI is InChI=1S/C16H23N3O/c1-3-5-6-7-13(4-2)19-11-9-12-8-10-18-14(15(12)19)16(17)20/h8-11,13H,3-7H2,1-2H3,(H2,17,20). The van der Waals surface area contributed by atoms with Gasteiger partial charge in [0, 0.05) is 23.8 Å². The van der Waals surface area contributed by atoms with Gasteiger partial charge in [0.25, 0.3) is 5.91 Å². The molecule has 0 aromatic carbocycles. The number of unbranched alkanes of at least 4 members (excludes halogenated alkanes) is 2. The third kappa shape index (κ3) is 2.84. The molecular formula is C16H23N3O. The fraction of sp³-hybridized carbons (Fsp3) is 0.500. The predicted octanol–water partition coefficient (Wildman–Crippen LogP) is 3.67. The molecule has 0 bridgehead atoms. The lowest BCUT2D eigenvalue weighted by molar-refractivity contribution is 0.0997. The van der Waals surface area contributed by atoms with Gasteiger partial charge in [-0.15, -0.1) is 0 Å². The monoisotopic (exact) mass is 273 g/mol. The Hall–Kier alpha value is -1.84. The zero-order valence-electron chi connectivity index (χ0n) is 12.3. The van der Waals surface area contributed by atoms with Crippen molar-refractivity contribution in [2.75, 3.05) is 0 Å². The molecule has 4 nitrogen and oxygen atoms in total. The number of rotatable bonds is 7. The van der Waals surface area contributed by atoms with Crippen molar-refractivity contribution in [1.29, 1.82) is 0 Å². The number of fused-ring (bicyclic) bond motifs is 1. The van der Waals surface area contributed by atoms with Crippen LogP contribution in [0.5, 0.6) is 0 Å². The predicted molar refractivity (Wildman–Crippen MR) is 81.7 cm³/mol. The van der Waals surface area contributed by atoms with Crippen molar-refractivity contribution in [3.63, 3.8) is 0 Å². The minimum absolute atomic E-state index is 0.376. The third-order valence-electron chi connectivity index (χ3n) is 3.87. The average molecular weight is 273 g/mol. The summed E-state index contributed by atoms with van der Waals surface area (Å²) >= 11 is 0. The second-order valence-electron chi connectivity index (χ2n) is 5.24. The first-order valence-corrected chi connectivity index (χ1v) is 7.44. The largest absolute Gasteiger partial charge is 0.364 e. The Morgan fingerprint density at radius 2 is 2.15 bits per heavy atom. The molecule has 2 aromatic rings. The Morgan fingerprint density at radius 3 is 2.80 bits per heavy atom. The van der Waals surface area contributed by atoms with E-state index in [0.717, 1.165) is 23.7 Å². The molecule has 4 heteroatoms. The molecule has 1 amide bonds. The number of hydrogen-bond acceptors (Lipinski definition) is 2. The van der Waals surface area contributed by atoms with Gasteiger partial charge in [0.15, 0.2) is 5.69 Å². The highest BCUT2D eigenvalue weighted by Gasteiger charge is 2.16. The quantitative estimate of drug-likeness (QED) is 0.782. The van der Waals surface area contributed by atoms with Gasteiger partial charge in [-0.3, -0.25) is 4.79 Å². The van der Waals surface area contributed by atoms with Crippen LogP contribution in [0.1, 0.15) is 62.5 Å². The molecule has 0 fully saturated rings. The summed E-state index contributed by atoms with van der Waals surface area (Å²) < 4.78 is 2.18. The zero-order valence-corrected chi connectivity index (χ0v) is 12.3. The number of aromatic nitrogens is 2. The Labute approximate surface area is 120 Å².